The molecule has 4 nitrogen and oxygen atoms in total. The lowest BCUT2D eigenvalue weighted by molar-refractivity contribution is -0.123. The van der Waals surface area contributed by atoms with Crippen molar-refractivity contribution in [3.8, 4) is 5.75 Å². The van der Waals surface area contributed by atoms with Gasteiger partial charge in [0.25, 0.3) is 0 Å². The van der Waals surface area contributed by atoms with Crippen LogP contribution in [0.15, 0.2) is 60.7 Å². The Labute approximate surface area is 189 Å². The number of rotatable bonds is 6. The van der Waals surface area contributed by atoms with Crippen LogP contribution in [0.25, 0.3) is 10.8 Å². The summed E-state index contributed by atoms with van der Waals surface area (Å²) in [4.78, 5) is 15.3. The third-order valence-electron chi connectivity index (χ3n) is 6.22. The van der Waals surface area contributed by atoms with Gasteiger partial charge in [-0.15, -0.1) is 0 Å². The number of hydrogen-bond acceptors (Lipinski definition) is 3. The molecule has 0 aromatic heterocycles. The Morgan fingerprint density at radius 3 is 2.45 bits per heavy atom. The minimum Gasteiger partial charge on any atom is -0.497 e. The third kappa shape index (κ3) is 5.38. The number of carbonyl (C=O) groups is 1. The lowest BCUT2D eigenvalue weighted by Gasteiger charge is -2.33. The van der Waals surface area contributed by atoms with Crippen LogP contribution >= 0.6 is 11.6 Å². The van der Waals surface area contributed by atoms with Gasteiger partial charge in [-0.1, -0.05) is 48.0 Å². The van der Waals surface area contributed by atoms with E-state index in [9.17, 15) is 4.79 Å². The Morgan fingerprint density at radius 2 is 1.74 bits per heavy atom. The molecule has 31 heavy (non-hydrogen) atoms. The highest BCUT2D eigenvalue weighted by Gasteiger charge is 2.23. The molecule has 1 heterocycles. The van der Waals surface area contributed by atoms with Crippen molar-refractivity contribution in [2.75, 3.05) is 20.2 Å². The van der Waals surface area contributed by atoms with Gasteiger partial charge in [-0.25, -0.2) is 0 Å². The third-order valence-corrected chi connectivity index (χ3v) is 6.47. The number of nitrogens with one attached hydrogen (secondary N) is 1. The van der Waals surface area contributed by atoms with Crippen LogP contribution in [0.4, 0.5) is 0 Å². The highest BCUT2D eigenvalue weighted by atomic mass is 35.5. The Morgan fingerprint density at radius 1 is 1.06 bits per heavy atom. The summed E-state index contributed by atoms with van der Waals surface area (Å²) < 4.78 is 5.30. The zero-order valence-corrected chi connectivity index (χ0v) is 18.9. The van der Waals surface area contributed by atoms with E-state index in [1.54, 1.807) is 7.11 Å². The molecule has 1 amide bonds. The molecule has 1 atom stereocenters. The van der Waals surface area contributed by atoms with Crippen LogP contribution in [0.5, 0.6) is 5.75 Å². The summed E-state index contributed by atoms with van der Waals surface area (Å²) >= 11 is 5.97. The first kappa shape index (κ1) is 21.7. The summed E-state index contributed by atoms with van der Waals surface area (Å²) in [5.41, 5.74) is 2.31. The van der Waals surface area contributed by atoms with Crippen molar-refractivity contribution in [1.29, 1.82) is 0 Å². The van der Waals surface area contributed by atoms with Gasteiger partial charge in [-0.3, -0.25) is 9.69 Å². The van der Waals surface area contributed by atoms with Crippen LogP contribution in [-0.4, -0.2) is 37.0 Å². The molecule has 5 heteroatoms. The minimum atomic E-state index is -0.182. The van der Waals surface area contributed by atoms with Crippen LogP contribution in [0.2, 0.25) is 5.02 Å². The Bertz CT molecular complexity index is 1040. The zero-order valence-electron chi connectivity index (χ0n) is 18.1. The number of fused-ring (bicyclic) bond motifs is 1. The van der Waals surface area contributed by atoms with E-state index in [0.717, 1.165) is 59.6 Å². The number of benzene rings is 3. The maximum absolute atomic E-state index is 12.9. The smallest absolute Gasteiger partial charge is 0.227 e. The molecule has 0 bridgehead atoms. The van der Waals surface area contributed by atoms with E-state index in [1.165, 1.54) is 5.56 Å². The average Bonchev–Trinajstić information content (AvgIpc) is 2.80. The van der Waals surface area contributed by atoms with Gasteiger partial charge in [0.05, 0.1) is 13.0 Å². The monoisotopic (exact) mass is 436 g/mol. The molecule has 1 aliphatic rings. The van der Waals surface area contributed by atoms with Crippen molar-refractivity contribution < 1.29 is 9.53 Å². The van der Waals surface area contributed by atoms with Crippen molar-refractivity contribution in [2.24, 2.45) is 0 Å². The predicted octanol–water partition coefficient (Wildman–Crippen LogP) is 5.39. The summed E-state index contributed by atoms with van der Waals surface area (Å²) in [5, 5.41) is 6.27. The summed E-state index contributed by atoms with van der Waals surface area (Å²) in [5.74, 6) is 0.760. The second-order valence-corrected chi connectivity index (χ2v) is 8.82. The lowest BCUT2D eigenvalue weighted by Crippen LogP contribution is -2.45. The highest BCUT2D eigenvalue weighted by molar-refractivity contribution is 6.30. The Kier molecular flexibility index (Phi) is 6.79. The van der Waals surface area contributed by atoms with E-state index in [-0.39, 0.29) is 17.9 Å². The van der Waals surface area contributed by atoms with Crippen LogP contribution in [0.3, 0.4) is 0 Å². The van der Waals surface area contributed by atoms with Gasteiger partial charge in [-0.05, 0) is 65.9 Å². The van der Waals surface area contributed by atoms with Gasteiger partial charge in [0, 0.05) is 30.7 Å². The molecule has 0 saturated carbocycles. The lowest BCUT2D eigenvalue weighted by atomic mass is 9.96. The molecule has 3 aromatic carbocycles. The summed E-state index contributed by atoms with van der Waals surface area (Å²) in [7, 11) is 1.67. The van der Waals surface area contributed by atoms with Crippen molar-refractivity contribution in [1.82, 2.24) is 10.2 Å². The van der Waals surface area contributed by atoms with Gasteiger partial charge in [0.1, 0.15) is 5.75 Å². The normalized spacial score (nSPS) is 16.2. The van der Waals surface area contributed by atoms with E-state index in [1.807, 2.05) is 43.3 Å². The van der Waals surface area contributed by atoms with E-state index in [2.05, 4.69) is 34.5 Å². The number of hydrogen-bond donors (Lipinski definition) is 1. The standard InChI is InChI=1S/C26H29ClN2O2/c1-18(20-5-6-22-16-25(31-2)10-7-21(22)15-20)26(30)28-24-11-13-29(14-12-24)17-19-3-8-23(27)9-4-19/h3-10,15-16,18,24H,11-14,17H2,1-2H3,(H,28,30)/t18-/m0/s1. The fourth-order valence-corrected chi connectivity index (χ4v) is 4.33. The van der Waals surface area contributed by atoms with Gasteiger partial charge in [0.15, 0.2) is 0 Å². The van der Waals surface area contributed by atoms with E-state index >= 15 is 0 Å². The number of amides is 1. The van der Waals surface area contributed by atoms with Gasteiger partial charge < -0.3 is 10.1 Å². The molecule has 0 spiro atoms. The molecule has 162 valence electrons. The molecule has 1 aliphatic heterocycles. The van der Waals surface area contributed by atoms with Gasteiger partial charge in [-0.2, -0.15) is 0 Å². The molecule has 3 aromatic rings. The predicted molar refractivity (Wildman–Crippen MR) is 127 cm³/mol. The number of likely N-dealkylation sites (tertiary alicyclic amines) is 1. The van der Waals surface area contributed by atoms with Crippen LogP contribution in [0, 0.1) is 0 Å². The molecule has 1 fully saturated rings. The van der Waals surface area contributed by atoms with Crippen molar-refractivity contribution in [3.63, 3.8) is 0 Å². The van der Waals surface area contributed by atoms with Gasteiger partial charge in [0.2, 0.25) is 5.91 Å². The quantitative estimate of drug-likeness (QED) is 0.563. The van der Waals surface area contributed by atoms with E-state index in [4.69, 9.17) is 16.3 Å². The Hall–Kier alpha value is -2.56. The van der Waals surface area contributed by atoms with E-state index in [0.29, 0.717) is 0 Å². The minimum absolute atomic E-state index is 0.101. The van der Waals surface area contributed by atoms with Crippen molar-refractivity contribution in [2.45, 2.75) is 38.3 Å². The van der Waals surface area contributed by atoms with Crippen LogP contribution < -0.4 is 10.1 Å². The molecule has 1 N–H and O–H groups in total. The molecule has 4 rings (SSSR count). The van der Waals surface area contributed by atoms with Crippen LogP contribution in [-0.2, 0) is 11.3 Å². The largest absolute Gasteiger partial charge is 0.497 e. The van der Waals surface area contributed by atoms with Crippen molar-refractivity contribution >= 4 is 28.3 Å². The summed E-state index contributed by atoms with van der Waals surface area (Å²) in [6.07, 6.45) is 1.95. The number of halogens is 1. The molecule has 0 aliphatic carbocycles. The maximum Gasteiger partial charge on any atom is 0.227 e. The van der Waals surface area contributed by atoms with E-state index < -0.39 is 0 Å². The van der Waals surface area contributed by atoms with Gasteiger partial charge >= 0.3 is 0 Å². The fraction of sp³-hybridized carbons (Fsp3) is 0.346. The number of nitrogens with zero attached hydrogens (tertiary/aromatic N) is 1. The first-order valence-corrected chi connectivity index (χ1v) is 11.2. The maximum atomic E-state index is 12.9. The number of carbonyl (C=O) groups excluding carboxylic acids is 1. The first-order valence-electron chi connectivity index (χ1n) is 10.9. The summed E-state index contributed by atoms with van der Waals surface area (Å²) in [6, 6.07) is 20.5. The Balaban J connectivity index is 1.31. The second-order valence-electron chi connectivity index (χ2n) is 8.38. The molecule has 0 radical (unpaired) electrons. The van der Waals surface area contributed by atoms with Crippen LogP contribution in [0.1, 0.15) is 36.8 Å². The second kappa shape index (κ2) is 9.71. The fourth-order valence-electron chi connectivity index (χ4n) is 4.20. The summed E-state index contributed by atoms with van der Waals surface area (Å²) in [6.45, 7) is 4.88. The SMILES string of the molecule is COc1ccc2cc([C@H](C)C(=O)NC3CCN(Cc4ccc(Cl)cc4)CC3)ccc2c1. The number of ether oxygens (including phenoxy) is 1. The topological polar surface area (TPSA) is 41.6 Å². The number of methoxy groups -OCH3 is 1. The van der Waals surface area contributed by atoms with Crippen molar-refractivity contribution in [3.05, 3.63) is 76.8 Å². The molecular weight excluding hydrogens is 408 g/mol. The average molecular weight is 437 g/mol. The first-order chi connectivity index (χ1) is 15.0. The molecule has 1 saturated heterocycles. The number of piperidine rings is 1. The zero-order chi connectivity index (χ0) is 21.8. The highest BCUT2D eigenvalue weighted by Crippen LogP contribution is 2.26. The molecule has 0 unspecified atom stereocenters. The molecular formula is C26H29ClN2O2.